The first-order chi connectivity index (χ1) is 38.2. The van der Waals surface area contributed by atoms with Crippen LogP contribution in [0.4, 0.5) is 0 Å². The highest BCUT2D eigenvalue weighted by Gasteiger charge is 2.51. The predicted octanol–water partition coefficient (Wildman–Crippen LogP) is 16.1. The summed E-state index contributed by atoms with van der Waals surface area (Å²) in [6.07, 6.45) is 6.45. The van der Waals surface area contributed by atoms with E-state index in [0.717, 1.165) is 74.0 Å². The largest absolute Gasteiger partial charge is 0.456 e. The lowest BCUT2D eigenvalue weighted by Crippen LogP contribution is -2.33. The maximum atomic E-state index is 6.72. The van der Waals surface area contributed by atoms with Gasteiger partial charge in [0.1, 0.15) is 23.2 Å². The molecule has 0 saturated carbocycles. The summed E-state index contributed by atoms with van der Waals surface area (Å²) in [5.74, 6) is 1.42. The number of aliphatic imine (C=N–C) groups is 2. The minimum atomic E-state index is -0.493. The molecule has 0 radical (unpaired) electrons. The molecule has 3 aliphatic carbocycles. The fraction of sp³-hybridized carbons (Fsp3) is 0.0833. The van der Waals surface area contributed by atoms with Gasteiger partial charge in [0.15, 0.2) is 5.84 Å². The third-order valence-electron chi connectivity index (χ3n) is 16.3. The van der Waals surface area contributed by atoms with E-state index in [1.807, 2.05) is 13.8 Å². The average molecular weight is 989 g/mol. The zero-order valence-corrected chi connectivity index (χ0v) is 42.8. The second kappa shape index (κ2) is 17.8. The smallest absolute Gasteiger partial charge is 0.159 e. The first-order valence-electron chi connectivity index (χ1n) is 27.1. The Hall–Kier alpha value is -9.58. The highest BCUT2D eigenvalue weighted by molar-refractivity contribution is 6.22. The van der Waals surface area contributed by atoms with E-state index in [1.54, 1.807) is 0 Å². The Balaban J connectivity index is 0.00000256. The van der Waals surface area contributed by atoms with Gasteiger partial charge in [0, 0.05) is 43.5 Å². The normalized spacial score (nSPS) is 15.2. The fourth-order valence-corrected chi connectivity index (χ4v) is 13.0. The van der Waals surface area contributed by atoms with Crippen LogP contribution in [-0.4, -0.2) is 16.2 Å². The molecule has 2 aromatic heterocycles. The van der Waals surface area contributed by atoms with E-state index >= 15 is 0 Å². The molecule has 0 amide bonds. The van der Waals surface area contributed by atoms with Crippen LogP contribution in [0.2, 0.25) is 0 Å². The Morgan fingerprint density at radius 1 is 0.468 bits per heavy atom. The van der Waals surface area contributed by atoms with Crippen molar-refractivity contribution < 1.29 is 4.42 Å². The summed E-state index contributed by atoms with van der Waals surface area (Å²) in [5.41, 5.74) is 21.4. The van der Waals surface area contributed by atoms with Gasteiger partial charge in [-0.15, -0.1) is 0 Å². The van der Waals surface area contributed by atoms with Crippen molar-refractivity contribution in [3.05, 3.63) is 280 Å². The number of furan rings is 1. The fourth-order valence-electron chi connectivity index (χ4n) is 13.0. The predicted molar refractivity (Wildman–Crippen MR) is 318 cm³/mol. The van der Waals surface area contributed by atoms with E-state index in [0.29, 0.717) is 5.84 Å². The second-order valence-corrected chi connectivity index (χ2v) is 20.3. The Labute approximate surface area is 447 Å². The van der Waals surface area contributed by atoms with Crippen molar-refractivity contribution in [2.45, 2.75) is 38.3 Å². The molecule has 77 heavy (non-hydrogen) atoms. The summed E-state index contributed by atoms with van der Waals surface area (Å²) in [6, 6.07) is 83.7. The van der Waals surface area contributed by atoms with Crippen molar-refractivity contribution in [2.75, 3.05) is 0 Å². The van der Waals surface area contributed by atoms with Crippen LogP contribution >= 0.6 is 0 Å². The molecular weight excluding hydrogens is 937 g/mol. The number of amidine groups is 2. The average Bonchev–Trinajstić information content (AvgIpc) is 4.42. The molecule has 4 aliphatic rings. The topological polar surface area (TPSA) is 54.8 Å². The van der Waals surface area contributed by atoms with Crippen LogP contribution in [0.1, 0.15) is 71.8 Å². The lowest BCUT2D eigenvalue weighted by molar-refractivity contribution is 0.667. The molecule has 3 heterocycles. The van der Waals surface area contributed by atoms with Crippen molar-refractivity contribution in [3.63, 3.8) is 0 Å². The van der Waals surface area contributed by atoms with Crippen molar-refractivity contribution >= 4 is 56.7 Å². The Morgan fingerprint density at radius 3 is 1.75 bits per heavy atom. The lowest BCUT2D eigenvalue weighted by Gasteiger charge is -2.31. The third kappa shape index (κ3) is 6.79. The minimum Gasteiger partial charge on any atom is -0.456 e. The Bertz CT molecular complexity index is 4490. The summed E-state index contributed by atoms with van der Waals surface area (Å²) in [6.45, 7) is 4.00. The van der Waals surface area contributed by atoms with Gasteiger partial charge in [-0.2, -0.15) is 0 Å². The molecule has 366 valence electrons. The zero-order chi connectivity index (χ0) is 51.2. The minimum absolute atomic E-state index is 0.427. The number of benzene rings is 10. The van der Waals surface area contributed by atoms with Gasteiger partial charge in [-0.05, 0) is 134 Å². The summed E-state index contributed by atoms with van der Waals surface area (Å²) >= 11 is 0. The van der Waals surface area contributed by atoms with E-state index in [4.69, 9.17) is 14.4 Å². The van der Waals surface area contributed by atoms with Gasteiger partial charge in [0.25, 0.3) is 0 Å². The van der Waals surface area contributed by atoms with Crippen LogP contribution in [0.3, 0.4) is 0 Å². The first-order valence-corrected chi connectivity index (χ1v) is 27.1. The number of hydrogen-bond donors (Lipinski definition) is 1. The molecule has 1 N–H and O–H groups in total. The second-order valence-electron chi connectivity index (χ2n) is 20.3. The van der Waals surface area contributed by atoms with Crippen molar-refractivity contribution in [1.82, 2.24) is 9.88 Å². The van der Waals surface area contributed by atoms with Crippen molar-refractivity contribution in [3.8, 4) is 50.2 Å². The van der Waals surface area contributed by atoms with Crippen LogP contribution in [0, 0.1) is 0 Å². The van der Waals surface area contributed by atoms with Crippen LogP contribution < -0.4 is 15.9 Å². The van der Waals surface area contributed by atoms with Gasteiger partial charge in [0.2, 0.25) is 0 Å². The van der Waals surface area contributed by atoms with Gasteiger partial charge >= 0.3 is 0 Å². The van der Waals surface area contributed by atoms with E-state index in [2.05, 4.69) is 253 Å². The molecule has 1 atom stereocenters. The molecule has 5 heteroatoms. The molecule has 12 aromatic rings. The van der Waals surface area contributed by atoms with Gasteiger partial charge < -0.3 is 14.3 Å². The number of para-hydroxylation sites is 1. The SMILES string of the molecule is C1=c2c(n(-c3ccccc3)c3ccc(-c4ccc5oc6cccc(C7=NC(c8ccc9c(c8)C8(c%10ccccc%10-c%10ccccc%108)c8ccccc8-9)=NC(c8ccc(-c9ccccc9)cc8)N7)c6c5c4)cc23)=CCC1.CC. The van der Waals surface area contributed by atoms with E-state index in [-0.39, 0.29) is 0 Å². The number of nitrogens with one attached hydrogen (secondary N) is 1. The monoisotopic (exact) mass is 988 g/mol. The number of nitrogens with zero attached hydrogens (tertiary/aromatic N) is 3. The van der Waals surface area contributed by atoms with Gasteiger partial charge in [-0.3, -0.25) is 0 Å². The van der Waals surface area contributed by atoms with Crippen molar-refractivity contribution in [1.29, 1.82) is 0 Å². The molecular formula is C72H52N4O. The van der Waals surface area contributed by atoms with Gasteiger partial charge in [-0.25, -0.2) is 9.98 Å². The van der Waals surface area contributed by atoms with Gasteiger partial charge in [0.05, 0.1) is 10.9 Å². The summed E-state index contributed by atoms with van der Waals surface area (Å²) < 4.78 is 9.13. The Morgan fingerprint density at radius 2 is 1.04 bits per heavy atom. The summed E-state index contributed by atoms with van der Waals surface area (Å²) in [4.78, 5) is 11.1. The zero-order valence-electron chi connectivity index (χ0n) is 42.8. The number of hydrogen-bond acceptors (Lipinski definition) is 4. The quantitative estimate of drug-likeness (QED) is 0.180. The molecule has 0 saturated heterocycles. The first kappa shape index (κ1) is 44.9. The van der Waals surface area contributed by atoms with E-state index in [9.17, 15) is 0 Å². The van der Waals surface area contributed by atoms with Crippen LogP contribution in [-0.2, 0) is 5.41 Å². The standard InChI is InChI=1S/C70H46N4O.C2H6/c1-3-16-43(17-4-1)44-30-32-45(33-31-44)67-71-68(48-34-37-53-52-22-9-13-27-60(52)70(61(53)42-48)58-25-11-7-20-50(58)51-21-8-12-26-59(51)70)73-69(72-67)55-24-15-29-65-66(55)57-41-47(36-39-64(57)75-65)46-35-38-63-56(40-46)54-23-10-14-28-62(54)74(63)49-18-5-2-6-19-49;1-2/h1-9,11-13,15-42,67H,10,14H2,(H,71,72,73);1-2H3. The van der Waals surface area contributed by atoms with Crippen molar-refractivity contribution in [2.24, 2.45) is 9.98 Å². The number of fused-ring (bicyclic) bond motifs is 16. The summed E-state index contributed by atoms with van der Waals surface area (Å²) in [5, 5.41) is 9.75. The molecule has 1 spiro atoms. The molecule has 5 nitrogen and oxygen atoms in total. The van der Waals surface area contributed by atoms with E-state index < -0.39 is 11.6 Å². The highest BCUT2D eigenvalue weighted by atomic mass is 16.3. The van der Waals surface area contributed by atoms with E-state index in [1.165, 1.54) is 77.2 Å². The molecule has 16 rings (SSSR count). The lowest BCUT2D eigenvalue weighted by atomic mass is 9.70. The van der Waals surface area contributed by atoms with Crippen LogP contribution in [0.25, 0.3) is 95.2 Å². The Kier molecular flexibility index (Phi) is 10.4. The maximum Gasteiger partial charge on any atom is 0.159 e. The molecule has 1 unspecified atom stereocenters. The molecule has 0 fully saturated rings. The third-order valence-corrected chi connectivity index (χ3v) is 16.3. The molecule has 10 aromatic carbocycles. The highest BCUT2D eigenvalue weighted by Crippen LogP contribution is 2.62. The number of aromatic nitrogens is 1. The van der Waals surface area contributed by atoms with Gasteiger partial charge in [-0.1, -0.05) is 208 Å². The molecule has 0 bridgehead atoms. The summed E-state index contributed by atoms with van der Waals surface area (Å²) in [7, 11) is 0. The van der Waals surface area contributed by atoms with Crippen LogP contribution in [0.15, 0.2) is 245 Å². The number of rotatable bonds is 6. The maximum absolute atomic E-state index is 6.72. The molecule has 1 aliphatic heterocycles. The van der Waals surface area contributed by atoms with Crippen LogP contribution in [0.5, 0.6) is 0 Å².